The summed E-state index contributed by atoms with van der Waals surface area (Å²) in [4.78, 5) is 12.8. The lowest BCUT2D eigenvalue weighted by Crippen LogP contribution is -2.27. The summed E-state index contributed by atoms with van der Waals surface area (Å²) in [7, 11) is 1.93. The molecule has 1 aliphatic rings. The van der Waals surface area contributed by atoms with Gasteiger partial charge in [0.2, 0.25) is 6.04 Å². The zero-order valence-corrected chi connectivity index (χ0v) is 10.6. The molecule has 1 aliphatic heterocycles. The van der Waals surface area contributed by atoms with Gasteiger partial charge in [0.15, 0.2) is 0 Å². The van der Waals surface area contributed by atoms with Gasteiger partial charge in [0.25, 0.3) is 0 Å². The van der Waals surface area contributed by atoms with Crippen molar-refractivity contribution in [3.63, 3.8) is 0 Å². The van der Waals surface area contributed by atoms with Crippen molar-refractivity contribution in [1.29, 1.82) is 0 Å². The van der Waals surface area contributed by atoms with E-state index >= 15 is 0 Å². The van der Waals surface area contributed by atoms with Crippen molar-refractivity contribution < 1.29 is 4.92 Å². The van der Waals surface area contributed by atoms with Gasteiger partial charge in [0, 0.05) is 15.9 Å². The number of halogens is 1. The van der Waals surface area contributed by atoms with Crippen LogP contribution < -0.4 is 0 Å². The fourth-order valence-electron chi connectivity index (χ4n) is 2.23. The summed E-state index contributed by atoms with van der Waals surface area (Å²) in [6, 6.07) is 7.32. The number of likely N-dealkylation sites (tertiary alicyclic amines) is 1. The monoisotopic (exact) mass is 284 g/mol. The van der Waals surface area contributed by atoms with Gasteiger partial charge in [-0.1, -0.05) is 28.1 Å². The molecule has 2 atom stereocenters. The number of benzene rings is 1. The third-order valence-electron chi connectivity index (χ3n) is 3.04. The minimum Gasteiger partial charge on any atom is -0.299 e. The summed E-state index contributed by atoms with van der Waals surface area (Å²) in [5.41, 5.74) is 1.05. The van der Waals surface area contributed by atoms with Crippen molar-refractivity contribution in [1.82, 2.24) is 4.90 Å². The largest absolute Gasteiger partial charge is 0.299 e. The van der Waals surface area contributed by atoms with Gasteiger partial charge in [-0.2, -0.15) is 0 Å². The SMILES string of the molecule is CN1C[C@@H]([N+](=O)[O-])[C@H](c2ccc(Br)cc2)C1. The van der Waals surface area contributed by atoms with E-state index in [1.54, 1.807) is 0 Å². The van der Waals surface area contributed by atoms with Gasteiger partial charge in [-0.05, 0) is 24.7 Å². The second kappa shape index (κ2) is 4.51. The maximum atomic E-state index is 11.0. The van der Waals surface area contributed by atoms with E-state index in [-0.39, 0.29) is 10.8 Å². The molecule has 16 heavy (non-hydrogen) atoms. The molecule has 1 aromatic carbocycles. The average molecular weight is 285 g/mol. The van der Waals surface area contributed by atoms with Gasteiger partial charge >= 0.3 is 0 Å². The predicted molar refractivity (Wildman–Crippen MR) is 65.2 cm³/mol. The standard InChI is InChI=1S/C11H13BrN2O2/c1-13-6-10(11(7-13)14(15)16)8-2-4-9(12)5-3-8/h2-5,10-11H,6-7H2,1H3/t10-,11+/m0/s1. The van der Waals surface area contributed by atoms with Crippen molar-refractivity contribution in [2.75, 3.05) is 20.1 Å². The van der Waals surface area contributed by atoms with E-state index in [0.717, 1.165) is 16.6 Å². The molecular weight excluding hydrogens is 272 g/mol. The van der Waals surface area contributed by atoms with Crippen LogP contribution >= 0.6 is 15.9 Å². The molecule has 0 aliphatic carbocycles. The Kier molecular flexibility index (Phi) is 3.25. The molecule has 1 fully saturated rings. The van der Waals surface area contributed by atoms with Crippen molar-refractivity contribution in [2.24, 2.45) is 0 Å². The van der Waals surface area contributed by atoms with Crippen LogP contribution in [0.3, 0.4) is 0 Å². The van der Waals surface area contributed by atoms with E-state index < -0.39 is 6.04 Å². The zero-order chi connectivity index (χ0) is 11.7. The summed E-state index contributed by atoms with van der Waals surface area (Å²) < 4.78 is 1.00. The molecule has 0 spiro atoms. The highest BCUT2D eigenvalue weighted by Crippen LogP contribution is 2.29. The van der Waals surface area contributed by atoms with Crippen molar-refractivity contribution in [3.05, 3.63) is 44.4 Å². The van der Waals surface area contributed by atoms with E-state index in [1.807, 2.05) is 36.2 Å². The minimum absolute atomic E-state index is 0.00750. The summed E-state index contributed by atoms with van der Waals surface area (Å²) in [5, 5.41) is 11.0. The first-order valence-corrected chi connectivity index (χ1v) is 5.94. The number of hydrogen-bond donors (Lipinski definition) is 0. The third kappa shape index (κ3) is 2.25. The second-order valence-corrected chi connectivity index (χ2v) is 5.15. The highest BCUT2D eigenvalue weighted by atomic mass is 79.9. The number of likely N-dealkylation sites (N-methyl/N-ethyl adjacent to an activating group) is 1. The highest BCUT2D eigenvalue weighted by molar-refractivity contribution is 9.10. The maximum absolute atomic E-state index is 11.0. The molecule has 86 valence electrons. The molecule has 5 heteroatoms. The molecule has 0 N–H and O–H groups in total. The molecule has 4 nitrogen and oxygen atoms in total. The Morgan fingerprint density at radius 3 is 2.56 bits per heavy atom. The van der Waals surface area contributed by atoms with Crippen molar-refractivity contribution in [3.8, 4) is 0 Å². The lowest BCUT2D eigenvalue weighted by atomic mass is 9.95. The number of rotatable bonds is 2. The topological polar surface area (TPSA) is 46.4 Å². The molecule has 0 bridgehead atoms. The van der Waals surface area contributed by atoms with Crippen LogP contribution in [0.25, 0.3) is 0 Å². The first-order chi connectivity index (χ1) is 7.58. The fraction of sp³-hybridized carbons (Fsp3) is 0.455. The molecule has 2 rings (SSSR count). The van der Waals surface area contributed by atoms with Crippen LogP contribution in [0.15, 0.2) is 28.7 Å². The van der Waals surface area contributed by atoms with Gasteiger partial charge in [0.05, 0.1) is 12.5 Å². The summed E-state index contributed by atoms with van der Waals surface area (Å²) >= 11 is 3.37. The Bertz CT molecular complexity index is 393. The second-order valence-electron chi connectivity index (χ2n) is 4.23. The van der Waals surface area contributed by atoms with Gasteiger partial charge in [-0.25, -0.2) is 0 Å². The van der Waals surface area contributed by atoms with Crippen LogP contribution in [0.5, 0.6) is 0 Å². The Balaban J connectivity index is 2.25. The Morgan fingerprint density at radius 2 is 2.00 bits per heavy atom. The highest BCUT2D eigenvalue weighted by Gasteiger charge is 2.40. The third-order valence-corrected chi connectivity index (χ3v) is 3.57. The molecule has 0 amide bonds. The van der Waals surface area contributed by atoms with E-state index in [9.17, 15) is 10.1 Å². The Morgan fingerprint density at radius 1 is 1.38 bits per heavy atom. The molecule has 0 saturated carbocycles. The Labute approximate surface area is 103 Å². The Hall–Kier alpha value is -0.940. The predicted octanol–water partition coefficient (Wildman–Crippen LogP) is 2.12. The minimum atomic E-state index is -0.480. The maximum Gasteiger partial charge on any atom is 0.233 e. The van der Waals surface area contributed by atoms with E-state index in [1.165, 1.54) is 0 Å². The van der Waals surface area contributed by atoms with Gasteiger partial charge < -0.3 is 0 Å². The first kappa shape index (κ1) is 11.5. The quantitative estimate of drug-likeness (QED) is 0.617. The lowest BCUT2D eigenvalue weighted by Gasteiger charge is -2.12. The van der Waals surface area contributed by atoms with E-state index in [4.69, 9.17) is 0 Å². The lowest BCUT2D eigenvalue weighted by molar-refractivity contribution is -0.521. The van der Waals surface area contributed by atoms with Crippen LogP contribution in [-0.4, -0.2) is 36.0 Å². The average Bonchev–Trinajstić information content (AvgIpc) is 2.61. The number of hydrogen-bond acceptors (Lipinski definition) is 3. The van der Waals surface area contributed by atoms with Crippen LogP contribution in [0, 0.1) is 10.1 Å². The van der Waals surface area contributed by atoms with Crippen LogP contribution in [-0.2, 0) is 0 Å². The first-order valence-electron chi connectivity index (χ1n) is 5.15. The molecule has 1 saturated heterocycles. The molecule has 1 heterocycles. The van der Waals surface area contributed by atoms with Crippen LogP contribution in [0.4, 0.5) is 0 Å². The van der Waals surface area contributed by atoms with Gasteiger partial charge in [-0.15, -0.1) is 0 Å². The molecule has 0 radical (unpaired) electrons. The molecule has 0 aromatic heterocycles. The molecule has 1 aromatic rings. The van der Waals surface area contributed by atoms with Crippen LogP contribution in [0.2, 0.25) is 0 Å². The summed E-state index contributed by atoms with van der Waals surface area (Å²) in [5.74, 6) is 0.00750. The van der Waals surface area contributed by atoms with Crippen LogP contribution in [0.1, 0.15) is 11.5 Å². The van der Waals surface area contributed by atoms with Crippen molar-refractivity contribution in [2.45, 2.75) is 12.0 Å². The number of nitrogens with zero attached hydrogens (tertiary/aromatic N) is 2. The zero-order valence-electron chi connectivity index (χ0n) is 8.97. The smallest absolute Gasteiger partial charge is 0.233 e. The van der Waals surface area contributed by atoms with Gasteiger partial charge in [-0.3, -0.25) is 15.0 Å². The van der Waals surface area contributed by atoms with E-state index in [2.05, 4.69) is 15.9 Å². The number of nitro groups is 1. The summed E-state index contributed by atoms with van der Waals surface area (Å²) in [6.07, 6.45) is 0. The fourth-order valence-corrected chi connectivity index (χ4v) is 2.49. The molecule has 0 unspecified atom stereocenters. The molecular formula is C11H13BrN2O2. The van der Waals surface area contributed by atoms with E-state index in [0.29, 0.717) is 6.54 Å². The normalized spacial score (nSPS) is 25.9. The summed E-state index contributed by atoms with van der Waals surface area (Å²) in [6.45, 7) is 1.29. The van der Waals surface area contributed by atoms with Crippen molar-refractivity contribution >= 4 is 15.9 Å². The van der Waals surface area contributed by atoms with Gasteiger partial charge in [0.1, 0.15) is 0 Å².